The molecule has 0 amide bonds. The van der Waals surface area contributed by atoms with Crippen molar-refractivity contribution < 1.29 is 0 Å². The van der Waals surface area contributed by atoms with E-state index in [9.17, 15) is 0 Å². The minimum Gasteiger partial charge on any atom is -0.381 e. The highest BCUT2D eigenvalue weighted by atomic mass is 15.1. The summed E-state index contributed by atoms with van der Waals surface area (Å²) in [6.07, 6.45) is 8.67. The van der Waals surface area contributed by atoms with Crippen LogP contribution in [0.15, 0.2) is 12.3 Å². The summed E-state index contributed by atoms with van der Waals surface area (Å²) >= 11 is 0. The Morgan fingerprint density at radius 1 is 1.24 bits per heavy atom. The molecule has 3 rings (SSSR count). The van der Waals surface area contributed by atoms with E-state index in [0.717, 1.165) is 18.3 Å². The second-order valence-electron chi connectivity index (χ2n) is 5.38. The van der Waals surface area contributed by atoms with E-state index in [1.54, 1.807) is 0 Å². The van der Waals surface area contributed by atoms with Crippen molar-refractivity contribution in [2.45, 2.75) is 45.1 Å². The van der Waals surface area contributed by atoms with E-state index in [1.807, 2.05) is 6.20 Å². The van der Waals surface area contributed by atoms with Crippen molar-refractivity contribution in [2.24, 2.45) is 5.92 Å². The van der Waals surface area contributed by atoms with Crippen molar-refractivity contribution in [1.29, 1.82) is 0 Å². The Labute approximate surface area is 103 Å². The number of aromatic nitrogens is 1. The lowest BCUT2D eigenvalue weighted by atomic mass is 9.95. The Morgan fingerprint density at radius 3 is 3.06 bits per heavy atom. The van der Waals surface area contributed by atoms with Crippen molar-refractivity contribution in [1.82, 2.24) is 4.98 Å². The lowest BCUT2D eigenvalue weighted by Gasteiger charge is -2.23. The first-order valence-electron chi connectivity index (χ1n) is 6.80. The number of hydrogen-bond acceptors (Lipinski definition) is 3. The van der Waals surface area contributed by atoms with Gasteiger partial charge in [0.25, 0.3) is 0 Å². The molecule has 0 radical (unpaired) electrons. The zero-order valence-electron chi connectivity index (χ0n) is 10.5. The van der Waals surface area contributed by atoms with Gasteiger partial charge in [0.1, 0.15) is 5.82 Å². The summed E-state index contributed by atoms with van der Waals surface area (Å²) in [5.41, 5.74) is 2.50. The quantitative estimate of drug-likeness (QED) is 0.720. The van der Waals surface area contributed by atoms with Crippen molar-refractivity contribution in [2.75, 3.05) is 17.2 Å². The fraction of sp³-hybridized carbons (Fsp3) is 0.643. The minimum atomic E-state index is 0.612. The Bertz CT molecular complexity index is 402. The highest BCUT2D eigenvalue weighted by molar-refractivity contribution is 5.69. The molecule has 1 fully saturated rings. The molecule has 2 unspecified atom stereocenters. The largest absolute Gasteiger partial charge is 0.381 e. The molecule has 3 nitrogen and oxygen atoms in total. The topological polar surface area (TPSA) is 37.0 Å². The maximum Gasteiger partial charge on any atom is 0.149 e. The molecule has 1 saturated carbocycles. The van der Waals surface area contributed by atoms with E-state index < -0.39 is 0 Å². The molecule has 0 saturated heterocycles. The summed E-state index contributed by atoms with van der Waals surface area (Å²) in [6, 6.07) is 2.69. The van der Waals surface area contributed by atoms with Crippen molar-refractivity contribution in [3.63, 3.8) is 0 Å². The first kappa shape index (κ1) is 10.9. The van der Waals surface area contributed by atoms with E-state index in [0.29, 0.717) is 6.04 Å². The molecule has 17 heavy (non-hydrogen) atoms. The van der Waals surface area contributed by atoms with Crippen LogP contribution in [0.5, 0.6) is 0 Å². The molecule has 0 aromatic carbocycles. The second kappa shape index (κ2) is 4.55. The first-order valence-corrected chi connectivity index (χ1v) is 6.80. The van der Waals surface area contributed by atoms with Gasteiger partial charge in [0.05, 0.1) is 5.69 Å². The molecule has 92 valence electrons. The van der Waals surface area contributed by atoms with Gasteiger partial charge in [-0.25, -0.2) is 4.98 Å². The average molecular weight is 231 g/mol. The number of rotatable bonds is 0. The SMILES string of the molecule is Cc1ccnc2c1NCC1CCCCCC1N2. The molecule has 1 aromatic rings. The Kier molecular flexibility index (Phi) is 2.91. The molecular weight excluding hydrogens is 210 g/mol. The number of pyridine rings is 1. The van der Waals surface area contributed by atoms with Gasteiger partial charge >= 0.3 is 0 Å². The van der Waals surface area contributed by atoms with Crippen molar-refractivity contribution in [3.8, 4) is 0 Å². The summed E-state index contributed by atoms with van der Waals surface area (Å²) in [7, 11) is 0. The molecule has 2 aliphatic rings. The van der Waals surface area contributed by atoms with Crippen LogP contribution in [0.1, 0.15) is 37.7 Å². The molecule has 0 spiro atoms. The smallest absolute Gasteiger partial charge is 0.149 e. The summed E-state index contributed by atoms with van der Waals surface area (Å²) < 4.78 is 0. The normalized spacial score (nSPS) is 27.8. The summed E-state index contributed by atoms with van der Waals surface area (Å²) in [5.74, 6) is 1.81. The monoisotopic (exact) mass is 231 g/mol. The number of hydrogen-bond donors (Lipinski definition) is 2. The third-order valence-electron chi connectivity index (χ3n) is 4.18. The molecular formula is C14H21N3. The summed E-state index contributed by atoms with van der Waals surface area (Å²) in [6.45, 7) is 3.24. The predicted octanol–water partition coefficient (Wildman–Crippen LogP) is 3.18. The maximum atomic E-state index is 4.49. The van der Waals surface area contributed by atoms with Gasteiger partial charge in [-0.05, 0) is 37.3 Å². The van der Waals surface area contributed by atoms with E-state index in [1.165, 1.54) is 43.4 Å². The van der Waals surface area contributed by atoms with Crippen molar-refractivity contribution in [3.05, 3.63) is 17.8 Å². The van der Waals surface area contributed by atoms with Crippen LogP contribution in [0.2, 0.25) is 0 Å². The lowest BCUT2D eigenvalue weighted by molar-refractivity contribution is 0.443. The third kappa shape index (κ3) is 2.11. The van der Waals surface area contributed by atoms with Crippen LogP contribution in [-0.4, -0.2) is 17.6 Å². The van der Waals surface area contributed by atoms with Crippen LogP contribution in [0.4, 0.5) is 11.5 Å². The van der Waals surface area contributed by atoms with Crippen LogP contribution >= 0.6 is 0 Å². The summed E-state index contributed by atoms with van der Waals surface area (Å²) in [4.78, 5) is 4.49. The number of anilines is 2. The number of nitrogens with zero attached hydrogens (tertiary/aromatic N) is 1. The third-order valence-corrected chi connectivity index (χ3v) is 4.18. The highest BCUT2D eigenvalue weighted by Crippen LogP contribution is 2.33. The Hall–Kier alpha value is -1.25. The lowest BCUT2D eigenvalue weighted by Crippen LogP contribution is -2.30. The molecule has 2 N–H and O–H groups in total. The molecule has 3 heteroatoms. The van der Waals surface area contributed by atoms with Crippen LogP contribution in [0.3, 0.4) is 0 Å². The number of nitrogens with one attached hydrogen (secondary N) is 2. The Balaban J connectivity index is 1.90. The molecule has 2 heterocycles. The fourth-order valence-electron chi connectivity index (χ4n) is 3.12. The average Bonchev–Trinajstić information content (AvgIpc) is 2.62. The second-order valence-corrected chi connectivity index (χ2v) is 5.38. The standard InChI is InChI=1S/C14H21N3/c1-10-7-8-15-14-13(10)16-9-11-5-3-2-4-6-12(11)17-14/h7-8,11-12,16H,2-6,9H2,1H3,(H,15,17). The predicted molar refractivity (Wildman–Crippen MR) is 71.4 cm³/mol. The van der Waals surface area contributed by atoms with Gasteiger partial charge in [0.15, 0.2) is 0 Å². The fourth-order valence-corrected chi connectivity index (χ4v) is 3.12. The first-order chi connectivity index (χ1) is 8.34. The van der Waals surface area contributed by atoms with Gasteiger partial charge in [-0.15, -0.1) is 0 Å². The van der Waals surface area contributed by atoms with Gasteiger partial charge in [0.2, 0.25) is 0 Å². The van der Waals surface area contributed by atoms with Crippen LogP contribution < -0.4 is 10.6 Å². The van der Waals surface area contributed by atoms with Crippen LogP contribution in [-0.2, 0) is 0 Å². The van der Waals surface area contributed by atoms with Gasteiger partial charge in [-0.2, -0.15) is 0 Å². The van der Waals surface area contributed by atoms with E-state index in [2.05, 4.69) is 28.6 Å². The number of aryl methyl sites for hydroxylation is 1. The minimum absolute atomic E-state index is 0.612. The maximum absolute atomic E-state index is 4.49. The van der Waals surface area contributed by atoms with Crippen LogP contribution in [0.25, 0.3) is 0 Å². The molecule has 1 aliphatic heterocycles. The van der Waals surface area contributed by atoms with Gasteiger partial charge in [-0.1, -0.05) is 19.3 Å². The zero-order valence-corrected chi connectivity index (χ0v) is 10.5. The van der Waals surface area contributed by atoms with Gasteiger partial charge in [0, 0.05) is 18.8 Å². The molecule has 2 atom stereocenters. The molecule has 1 aliphatic carbocycles. The number of fused-ring (bicyclic) bond motifs is 2. The van der Waals surface area contributed by atoms with Crippen LogP contribution in [0, 0.1) is 12.8 Å². The van der Waals surface area contributed by atoms with E-state index in [4.69, 9.17) is 0 Å². The van der Waals surface area contributed by atoms with E-state index >= 15 is 0 Å². The van der Waals surface area contributed by atoms with Crippen molar-refractivity contribution >= 4 is 11.5 Å². The highest BCUT2D eigenvalue weighted by Gasteiger charge is 2.27. The molecule has 1 aromatic heterocycles. The van der Waals surface area contributed by atoms with E-state index in [-0.39, 0.29) is 0 Å². The van der Waals surface area contributed by atoms with Gasteiger partial charge in [-0.3, -0.25) is 0 Å². The zero-order chi connectivity index (χ0) is 11.7. The summed E-state index contributed by atoms with van der Waals surface area (Å²) in [5, 5.41) is 7.26. The molecule has 0 bridgehead atoms. The van der Waals surface area contributed by atoms with Gasteiger partial charge < -0.3 is 10.6 Å². The Morgan fingerprint density at radius 2 is 2.12 bits per heavy atom.